The Morgan fingerprint density at radius 1 is 1.39 bits per heavy atom. The summed E-state index contributed by atoms with van der Waals surface area (Å²) in [4.78, 5) is 0. The molecule has 2 unspecified atom stereocenters. The lowest BCUT2D eigenvalue weighted by atomic mass is 10.2. The summed E-state index contributed by atoms with van der Waals surface area (Å²) in [5.74, 6) is 1.24. The first-order chi connectivity index (χ1) is 8.86. The number of benzene rings is 1. The number of anilines is 1. The second-order valence-electron chi connectivity index (χ2n) is 4.76. The zero-order chi connectivity index (χ0) is 12.4. The number of rotatable bonds is 4. The van der Waals surface area contributed by atoms with Crippen LogP contribution in [0.2, 0.25) is 0 Å². The molecule has 0 bridgehead atoms. The lowest BCUT2D eigenvalue weighted by Crippen LogP contribution is -2.15. The maximum absolute atomic E-state index is 4.49. The minimum Gasteiger partial charge on any atom is -0.372 e. The third-order valence-electron chi connectivity index (χ3n) is 3.51. The van der Waals surface area contributed by atoms with Crippen LogP contribution in [0.25, 0.3) is 10.9 Å². The lowest BCUT2D eigenvalue weighted by Gasteiger charge is -2.12. The van der Waals surface area contributed by atoms with Gasteiger partial charge in [-0.15, -0.1) is 0 Å². The van der Waals surface area contributed by atoms with Crippen molar-refractivity contribution in [1.82, 2.24) is 4.37 Å². The van der Waals surface area contributed by atoms with Gasteiger partial charge < -0.3 is 5.32 Å². The molecule has 1 aromatic heterocycles. The van der Waals surface area contributed by atoms with Gasteiger partial charge in [0.1, 0.15) is 5.00 Å². The van der Waals surface area contributed by atoms with Crippen LogP contribution >= 0.6 is 23.3 Å². The van der Waals surface area contributed by atoms with Gasteiger partial charge in [0.25, 0.3) is 0 Å². The summed E-state index contributed by atoms with van der Waals surface area (Å²) in [6.07, 6.45) is 3.95. The molecule has 4 heteroatoms. The third kappa shape index (κ3) is 2.50. The van der Waals surface area contributed by atoms with Crippen molar-refractivity contribution in [3.05, 3.63) is 24.3 Å². The molecule has 1 saturated carbocycles. The van der Waals surface area contributed by atoms with Gasteiger partial charge in [0, 0.05) is 16.7 Å². The van der Waals surface area contributed by atoms with E-state index in [1.54, 1.807) is 11.5 Å². The molecule has 2 nitrogen and oxygen atoms in total. The van der Waals surface area contributed by atoms with Crippen LogP contribution in [0.15, 0.2) is 24.3 Å². The summed E-state index contributed by atoms with van der Waals surface area (Å²) in [5.41, 5.74) is 1.11. The second kappa shape index (κ2) is 5.49. The van der Waals surface area contributed by atoms with Crippen LogP contribution in [0.3, 0.4) is 0 Å². The smallest absolute Gasteiger partial charge is 0.117 e. The molecule has 1 heterocycles. The van der Waals surface area contributed by atoms with E-state index in [9.17, 15) is 0 Å². The number of nitrogens with zero attached hydrogens (tertiary/aromatic N) is 1. The molecule has 0 spiro atoms. The van der Waals surface area contributed by atoms with Crippen LogP contribution in [0.1, 0.15) is 26.2 Å². The van der Waals surface area contributed by atoms with Crippen LogP contribution < -0.4 is 5.32 Å². The fourth-order valence-corrected chi connectivity index (χ4v) is 4.62. The van der Waals surface area contributed by atoms with Crippen molar-refractivity contribution in [2.45, 2.75) is 37.5 Å². The molecule has 0 radical (unpaired) electrons. The summed E-state index contributed by atoms with van der Waals surface area (Å²) < 4.78 is 4.49. The summed E-state index contributed by atoms with van der Waals surface area (Å²) in [6, 6.07) is 9.02. The lowest BCUT2D eigenvalue weighted by molar-refractivity contribution is 0.760. The van der Waals surface area contributed by atoms with Crippen molar-refractivity contribution in [3.8, 4) is 0 Å². The highest BCUT2D eigenvalue weighted by molar-refractivity contribution is 7.99. The van der Waals surface area contributed by atoms with E-state index in [1.807, 2.05) is 0 Å². The molecule has 96 valence electrons. The molecule has 1 aromatic carbocycles. The molecule has 0 aliphatic heterocycles. The average molecular weight is 278 g/mol. The third-order valence-corrected chi connectivity index (χ3v) is 5.55. The first-order valence-corrected chi connectivity index (χ1v) is 8.41. The molecule has 1 N–H and O–H groups in total. The highest BCUT2D eigenvalue weighted by atomic mass is 32.2. The highest BCUT2D eigenvalue weighted by Gasteiger charge is 2.25. The van der Waals surface area contributed by atoms with E-state index in [2.05, 4.69) is 52.6 Å². The average Bonchev–Trinajstić information content (AvgIpc) is 2.99. The molecule has 1 fully saturated rings. The molecule has 18 heavy (non-hydrogen) atoms. The molecule has 1 aliphatic rings. The van der Waals surface area contributed by atoms with Gasteiger partial charge in [0.05, 0.1) is 5.52 Å². The van der Waals surface area contributed by atoms with E-state index in [4.69, 9.17) is 0 Å². The van der Waals surface area contributed by atoms with Gasteiger partial charge in [0.15, 0.2) is 0 Å². The number of hydrogen-bond donors (Lipinski definition) is 1. The topological polar surface area (TPSA) is 24.9 Å². The maximum Gasteiger partial charge on any atom is 0.117 e. The van der Waals surface area contributed by atoms with Gasteiger partial charge in [-0.3, -0.25) is 0 Å². The van der Waals surface area contributed by atoms with Crippen LogP contribution in [0, 0.1) is 0 Å². The van der Waals surface area contributed by atoms with Crippen molar-refractivity contribution in [3.63, 3.8) is 0 Å². The normalized spacial score (nSPS) is 23.6. The Bertz CT molecular complexity index is 523. The van der Waals surface area contributed by atoms with Crippen LogP contribution in [-0.4, -0.2) is 21.4 Å². The largest absolute Gasteiger partial charge is 0.372 e. The van der Waals surface area contributed by atoms with Crippen molar-refractivity contribution < 1.29 is 0 Å². The molecule has 2 aromatic rings. The summed E-state index contributed by atoms with van der Waals surface area (Å²) in [6.45, 7) is 2.25. The standard InChI is InChI=1S/C14H18N2S2/c1-2-17-11-8-7-10(9-11)15-14-12-5-3-4-6-13(12)16-18-14/h3-6,10-11,15H,2,7-9H2,1H3. The zero-order valence-corrected chi connectivity index (χ0v) is 12.2. The van der Waals surface area contributed by atoms with Crippen LogP contribution in [0.4, 0.5) is 5.00 Å². The molecular formula is C14H18N2S2. The van der Waals surface area contributed by atoms with Gasteiger partial charge >= 0.3 is 0 Å². The van der Waals surface area contributed by atoms with E-state index >= 15 is 0 Å². The predicted octanol–water partition coefficient (Wildman–Crippen LogP) is 4.38. The zero-order valence-electron chi connectivity index (χ0n) is 10.6. The van der Waals surface area contributed by atoms with E-state index in [0.29, 0.717) is 6.04 Å². The van der Waals surface area contributed by atoms with Crippen LogP contribution in [0.5, 0.6) is 0 Å². The molecule has 1 aliphatic carbocycles. The molecule has 0 saturated heterocycles. The molecular weight excluding hydrogens is 260 g/mol. The van der Waals surface area contributed by atoms with E-state index in [1.165, 1.54) is 35.4 Å². The van der Waals surface area contributed by atoms with Crippen molar-refractivity contribution in [2.75, 3.05) is 11.1 Å². The fraction of sp³-hybridized carbons (Fsp3) is 0.500. The highest BCUT2D eigenvalue weighted by Crippen LogP contribution is 2.34. The number of fused-ring (bicyclic) bond motifs is 1. The molecule has 3 rings (SSSR count). The monoisotopic (exact) mass is 278 g/mol. The Hall–Kier alpha value is -0.740. The quantitative estimate of drug-likeness (QED) is 0.898. The van der Waals surface area contributed by atoms with Gasteiger partial charge in [-0.25, -0.2) is 0 Å². The number of aromatic nitrogens is 1. The Morgan fingerprint density at radius 3 is 3.17 bits per heavy atom. The van der Waals surface area contributed by atoms with Gasteiger partial charge in [-0.05, 0) is 48.7 Å². The Kier molecular flexibility index (Phi) is 3.75. The molecule has 2 atom stereocenters. The van der Waals surface area contributed by atoms with Gasteiger partial charge in [-0.2, -0.15) is 16.1 Å². The summed E-state index contributed by atoms with van der Waals surface area (Å²) in [7, 11) is 0. The minimum absolute atomic E-state index is 0.637. The fourth-order valence-electron chi connectivity index (χ4n) is 2.64. The number of hydrogen-bond acceptors (Lipinski definition) is 4. The minimum atomic E-state index is 0.637. The Balaban J connectivity index is 1.70. The second-order valence-corrected chi connectivity index (χ2v) is 7.11. The SMILES string of the molecule is CCSC1CCC(Nc2snc3ccccc23)C1. The van der Waals surface area contributed by atoms with E-state index in [-0.39, 0.29) is 0 Å². The molecule has 0 amide bonds. The van der Waals surface area contributed by atoms with Gasteiger partial charge in [-0.1, -0.05) is 19.1 Å². The first kappa shape index (κ1) is 12.3. The maximum atomic E-state index is 4.49. The van der Waals surface area contributed by atoms with E-state index < -0.39 is 0 Å². The van der Waals surface area contributed by atoms with Crippen LogP contribution in [-0.2, 0) is 0 Å². The number of nitrogens with one attached hydrogen (secondary N) is 1. The van der Waals surface area contributed by atoms with Gasteiger partial charge in [0.2, 0.25) is 0 Å². The van der Waals surface area contributed by atoms with Crippen molar-refractivity contribution in [2.24, 2.45) is 0 Å². The summed E-state index contributed by atoms with van der Waals surface area (Å²) >= 11 is 3.70. The van der Waals surface area contributed by atoms with E-state index in [0.717, 1.165) is 10.8 Å². The number of thioether (sulfide) groups is 1. The Labute approximate surface area is 116 Å². The van der Waals surface area contributed by atoms with Crippen molar-refractivity contribution >= 4 is 39.2 Å². The Morgan fingerprint density at radius 2 is 2.28 bits per heavy atom. The summed E-state index contributed by atoms with van der Waals surface area (Å²) in [5, 5.41) is 7.07. The predicted molar refractivity (Wildman–Crippen MR) is 82.8 cm³/mol. The van der Waals surface area contributed by atoms with Crippen molar-refractivity contribution in [1.29, 1.82) is 0 Å². The first-order valence-electron chi connectivity index (χ1n) is 6.59.